The fourth-order valence-corrected chi connectivity index (χ4v) is 3.43. The van der Waals surface area contributed by atoms with E-state index in [1.54, 1.807) is 0 Å². The van der Waals surface area contributed by atoms with Crippen LogP contribution in [-0.2, 0) is 11.3 Å². The van der Waals surface area contributed by atoms with Crippen molar-refractivity contribution in [2.75, 3.05) is 6.54 Å². The summed E-state index contributed by atoms with van der Waals surface area (Å²) >= 11 is 6.89. The van der Waals surface area contributed by atoms with Crippen LogP contribution < -0.4 is 5.32 Å². The molecule has 0 heterocycles. The van der Waals surface area contributed by atoms with E-state index in [1.165, 1.54) is 0 Å². The lowest BCUT2D eigenvalue weighted by molar-refractivity contribution is -0.149. The molecule has 0 aromatic heterocycles. The molecule has 0 aliphatic carbocycles. The van der Waals surface area contributed by atoms with Gasteiger partial charge in [0.2, 0.25) is 0 Å². The van der Waals surface area contributed by atoms with Crippen molar-refractivity contribution in [3.8, 4) is 0 Å². The summed E-state index contributed by atoms with van der Waals surface area (Å²) in [6.07, 6.45) is 1.27. The Labute approximate surface area is 131 Å². The van der Waals surface area contributed by atoms with Gasteiger partial charge in [-0.05, 0) is 36.6 Å². The highest BCUT2D eigenvalue weighted by Gasteiger charge is 2.34. The van der Waals surface area contributed by atoms with Crippen molar-refractivity contribution < 1.29 is 9.90 Å². The van der Waals surface area contributed by atoms with E-state index >= 15 is 0 Å². The number of aliphatic carboxylic acids is 1. The third-order valence-corrected chi connectivity index (χ3v) is 4.44. The van der Waals surface area contributed by atoms with Crippen LogP contribution in [0.2, 0.25) is 0 Å². The Kier molecular flexibility index (Phi) is 6.50. The number of carboxylic acid groups (broad SMARTS) is 1. The van der Waals surface area contributed by atoms with Crippen molar-refractivity contribution in [3.63, 3.8) is 0 Å². The van der Waals surface area contributed by atoms with Gasteiger partial charge in [0.1, 0.15) is 0 Å². The van der Waals surface area contributed by atoms with Crippen molar-refractivity contribution in [1.29, 1.82) is 0 Å². The lowest BCUT2D eigenvalue weighted by atomic mass is 9.82. The topological polar surface area (TPSA) is 49.3 Å². The van der Waals surface area contributed by atoms with Crippen molar-refractivity contribution >= 4 is 37.8 Å². The maximum absolute atomic E-state index is 11.4. The second-order valence-corrected chi connectivity index (χ2v) is 6.51. The van der Waals surface area contributed by atoms with Gasteiger partial charge in [-0.1, -0.05) is 45.7 Å². The van der Waals surface area contributed by atoms with Gasteiger partial charge in [0, 0.05) is 22.0 Å². The number of hydrogen-bond acceptors (Lipinski definition) is 2. The van der Waals surface area contributed by atoms with E-state index in [9.17, 15) is 9.90 Å². The van der Waals surface area contributed by atoms with Gasteiger partial charge in [-0.25, -0.2) is 0 Å². The van der Waals surface area contributed by atoms with Crippen LogP contribution in [0.25, 0.3) is 0 Å². The molecule has 5 heteroatoms. The fourth-order valence-electron chi connectivity index (χ4n) is 2.04. The number of halogens is 2. The zero-order chi connectivity index (χ0) is 14.5. The van der Waals surface area contributed by atoms with Crippen LogP contribution >= 0.6 is 31.9 Å². The predicted octanol–water partition coefficient (Wildman–Crippen LogP) is 4.19. The van der Waals surface area contributed by atoms with E-state index in [0.29, 0.717) is 25.9 Å². The maximum Gasteiger partial charge on any atom is 0.310 e. The lowest BCUT2D eigenvalue weighted by Gasteiger charge is -2.27. The second-order valence-electron chi connectivity index (χ2n) is 4.67. The molecule has 1 aromatic rings. The van der Waals surface area contributed by atoms with Crippen molar-refractivity contribution in [1.82, 2.24) is 5.32 Å². The minimum atomic E-state index is -0.722. The largest absolute Gasteiger partial charge is 0.481 e. The van der Waals surface area contributed by atoms with Crippen molar-refractivity contribution in [2.45, 2.75) is 33.2 Å². The first kappa shape index (κ1) is 16.7. The third-order valence-electron chi connectivity index (χ3n) is 3.52. The highest BCUT2D eigenvalue weighted by atomic mass is 79.9. The molecular formula is C14H19Br2NO2. The molecule has 0 aliphatic heterocycles. The molecule has 0 spiro atoms. The highest BCUT2D eigenvalue weighted by Crippen LogP contribution is 2.26. The Balaban J connectivity index is 2.64. The third kappa shape index (κ3) is 4.58. The van der Waals surface area contributed by atoms with E-state index in [2.05, 4.69) is 37.2 Å². The van der Waals surface area contributed by atoms with Gasteiger partial charge in [0.25, 0.3) is 0 Å². The summed E-state index contributed by atoms with van der Waals surface area (Å²) in [5.74, 6) is -0.722. The molecule has 0 aliphatic rings. The maximum atomic E-state index is 11.4. The summed E-state index contributed by atoms with van der Waals surface area (Å²) in [6, 6.07) is 6.03. The molecule has 0 saturated heterocycles. The molecule has 0 saturated carbocycles. The smallest absolute Gasteiger partial charge is 0.310 e. The number of benzene rings is 1. The van der Waals surface area contributed by atoms with Gasteiger partial charge in [0.05, 0.1) is 5.41 Å². The molecular weight excluding hydrogens is 374 g/mol. The quantitative estimate of drug-likeness (QED) is 0.731. The number of rotatable bonds is 7. The molecule has 3 nitrogen and oxygen atoms in total. The van der Waals surface area contributed by atoms with Gasteiger partial charge in [-0.3, -0.25) is 4.79 Å². The fraction of sp³-hybridized carbons (Fsp3) is 0.500. The molecule has 0 radical (unpaired) electrons. The molecule has 1 rings (SSSR count). The molecule has 0 bridgehead atoms. The van der Waals surface area contributed by atoms with Crippen LogP contribution in [0, 0.1) is 5.41 Å². The Morgan fingerprint density at radius 1 is 1.21 bits per heavy atom. The summed E-state index contributed by atoms with van der Waals surface area (Å²) < 4.78 is 2.02. The van der Waals surface area contributed by atoms with Crippen molar-refractivity contribution in [3.05, 3.63) is 32.7 Å². The second kappa shape index (κ2) is 7.41. The Morgan fingerprint density at radius 2 is 1.74 bits per heavy atom. The van der Waals surface area contributed by atoms with E-state index < -0.39 is 11.4 Å². The Bertz CT molecular complexity index is 425. The van der Waals surface area contributed by atoms with E-state index in [4.69, 9.17) is 0 Å². The minimum absolute atomic E-state index is 0.486. The normalized spacial score (nSPS) is 11.6. The average Bonchev–Trinajstić information content (AvgIpc) is 2.33. The first-order chi connectivity index (χ1) is 8.93. The number of carbonyl (C=O) groups is 1. The SMILES string of the molecule is CCC(CC)(CNCc1cc(Br)cc(Br)c1)C(=O)O. The number of nitrogens with one attached hydrogen (secondary N) is 1. The van der Waals surface area contributed by atoms with Crippen LogP contribution in [0.3, 0.4) is 0 Å². The number of carboxylic acids is 1. The zero-order valence-electron chi connectivity index (χ0n) is 11.2. The molecule has 0 amide bonds. The van der Waals surface area contributed by atoms with Gasteiger partial charge >= 0.3 is 5.97 Å². The van der Waals surface area contributed by atoms with Crippen LogP contribution in [0.15, 0.2) is 27.1 Å². The molecule has 2 N–H and O–H groups in total. The molecule has 1 aromatic carbocycles. The minimum Gasteiger partial charge on any atom is -0.481 e. The monoisotopic (exact) mass is 391 g/mol. The molecule has 19 heavy (non-hydrogen) atoms. The molecule has 106 valence electrons. The zero-order valence-corrected chi connectivity index (χ0v) is 14.3. The van der Waals surface area contributed by atoms with Crippen molar-refractivity contribution in [2.24, 2.45) is 5.41 Å². The van der Waals surface area contributed by atoms with Crippen LogP contribution in [0.1, 0.15) is 32.3 Å². The van der Waals surface area contributed by atoms with Crippen LogP contribution in [0.4, 0.5) is 0 Å². The summed E-state index contributed by atoms with van der Waals surface area (Å²) in [6.45, 7) is 5.00. The van der Waals surface area contributed by atoms with Crippen LogP contribution in [0.5, 0.6) is 0 Å². The standard InChI is InChI=1S/C14H19Br2NO2/c1-3-14(4-2,13(18)19)9-17-8-10-5-11(15)7-12(16)6-10/h5-7,17H,3-4,8-9H2,1-2H3,(H,18,19). The summed E-state index contributed by atoms with van der Waals surface area (Å²) in [5.41, 5.74) is 0.455. The summed E-state index contributed by atoms with van der Waals surface area (Å²) in [4.78, 5) is 11.4. The van der Waals surface area contributed by atoms with E-state index in [0.717, 1.165) is 14.5 Å². The highest BCUT2D eigenvalue weighted by molar-refractivity contribution is 9.11. The van der Waals surface area contributed by atoms with Crippen LogP contribution in [-0.4, -0.2) is 17.6 Å². The molecule has 0 atom stereocenters. The van der Waals surface area contributed by atoms with Gasteiger partial charge in [-0.15, -0.1) is 0 Å². The first-order valence-corrected chi connectivity index (χ1v) is 7.91. The van der Waals surface area contributed by atoms with E-state index in [1.807, 2.05) is 32.0 Å². The molecule has 0 fully saturated rings. The lowest BCUT2D eigenvalue weighted by Crippen LogP contribution is -2.40. The Hall–Kier alpha value is -0.390. The van der Waals surface area contributed by atoms with Gasteiger partial charge < -0.3 is 10.4 Å². The first-order valence-electron chi connectivity index (χ1n) is 6.32. The summed E-state index contributed by atoms with van der Waals surface area (Å²) in [5, 5.41) is 12.6. The van der Waals surface area contributed by atoms with E-state index in [-0.39, 0.29) is 0 Å². The average molecular weight is 393 g/mol. The predicted molar refractivity (Wildman–Crippen MR) is 84.2 cm³/mol. The molecule has 0 unspecified atom stereocenters. The van der Waals surface area contributed by atoms with Gasteiger partial charge in [0.15, 0.2) is 0 Å². The summed E-state index contributed by atoms with van der Waals surface area (Å²) in [7, 11) is 0. The Morgan fingerprint density at radius 3 is 2.16 bits per heavy atom. The van der Waals surface area contributed by atoms with Gasteiger partial charge in [-0.2, -0.15) is 0 Å². The number of hydrogen-bond donors (Lipinski definition) is 2.